The minimum absolute atomic E-state index is 0.0725. The number of sulfonamides is 1. The molecule has 1 heterocycles. The molecule has 0 spiro atoms. The summed E-state index contributed by atoms with van der Waals surface area (Å²) in [4.78, 5) is 12.5. The minimum atomic E-state index is -3.54. The number of benzene rings is 1. The zero-order valence-corrected chi connectivity index (χ0v) is 15.6. The summed E-state index contributed by atoms with van der Waals surface area (Å²) in [7, 11) is -3.54. The molecule has 1 aliphatic heterocycles. The van der Waals surface area contributed by atoms with E-state index < -0.39 is 16.1 Å². The van der Waals surface area contributed by atoms with Crippen molar-refractivity contribution in [1.82, 2.24) is 4.31 Å². The van der Waals surface area contributed by atoms with Crippen molar-refractivity contribution in [3.63, 3.8) is 0 Å². The second kappa shape index (κ2) is 8.12. The summed E-state index contributed by atoms with van der Waals surface area (Å²) in [5.74, 6) is -0.334. The molecule has 1 aromatic carbocycles. The number of aryl methyl sites for hydroxylation is 1. The highest BCUT2D eigenvalue weighted by Gasteiger charge is 2.44. The topological polar surface area (TPSA) is 63.7 Å². The van der Waals surface area contributed by atoms with Gasteiger partial charge in [0.15, 0.2) is 0 Å². The van der Waals surface area contributed by atoms with Crippen molar-refractivity contribution in [3.05, 3.63) is 29.3 Å². The van der Waals surface area contributed by atoms with E-state index in [9.17, 15) is 13.2 Å². The monoisotopic (exact) mass is 353 g/mol. The highest BCUT2D eigenvalue weighted by atomic mass is 32.2. The maximum atomic E-state index is 12.9. The highest BCUT2D eigenvalue weighted by molar-refractivity contribution is 7.89. The van der Waals surface area contributed by atoms with Crippen LogP contribution in [0.5, 0.6) is 0 Å². The molecule has 24 heavy (non-hydrogen) atoms. The van der Waals surface area contributed by atoms with Crippen LogP contribution in [0.1, 0.15) is 63.1 Å². The van der Waals surface area contributed by atoms with Crippen LogP contribution < -0.4 is 0 Å². The molecule has 0 fully saturated rings. The van der Waals surface area contributed by atoms with Gasteiger partial charge in [0.2, 0.25) is 10.0 Å². The third-order valence-corrected chi connectivity index (χ3v) is 6.50. The van der Waals surface area contributed by atoms with Crippen LogP contribution in [0.2, 0.25) is 0 Å². The fraction of sp³-hybridized carbons (Fsp3) is 0.611. The van der Waals surface area contributed by atoms with Crippen molar-refractivity contribution < 1.29 is 17.9 Å². The number of hydrogen-bond donors (Lipinski definition) is 0. The first kappa shape index (κ1) is 18.9. The van der Waals surface area contributed by atoms with Gasteiger partial charge in [-0.2, -0.15) is 4.31 Å². The Balaban J connectivity index is 2.29. The summed E-state index contributed by atoms with van der Waals surface area (Å²) in [5, 5.41) is 0. The lowest BCUT2D eigenvalue weighted by atomic mass is 10.0. The number of ether oxygens (including phenoxy) is 1. The van der Waals surface area contributed by atoms with Crippen LogP contribution >= 0.6 is 0 Å². The first-order chi connectivity index (χ1) is 11.4. The zero-order valence-electron chi connectivity index (χ0n) is 14.7. The van der Waals surface area contributed by atoms with Crippen molar-refractivity contribution in [3.8, 4) is 0 Å². The summed E-state index contributed by atoms with van der Waals surface area (Å²) in [6.45, 7) is 6.68. The Morgan fingerprint density at radius 2 is 1.92 bits per heavy atom. The third-order valence-electron chi connectivity index (χ3n) is 4.37. The molecule has 0 saturated carbocycles. The van der Waals surface area contributed by atoms with Crippen molar-refractivity contribution in [2.45, 2.75) is 63.8 Å². The summed E-state index contributed by atoms with van der Waals surface area (Å²) in [5.41, 5.74) is 1.45. The maximum absolute atomic E-state index is 12.9. The Morgan fingerprint density at radius 1 is 1.21 bits per heavy atom. The molecule has 1 aliphatic rings. The van der Waals surface area contributed by atoms with Gasteiger partial charge in [-0.05, 0) is 30.9 Å². The van der Waals surface area contributed by atoms with Crippen LogP contribution in [0.15, 0.2) is 23.1 Å². The van der Waals surface area contributed by atoms with E-state index in [1.807, 2.05) is 26.0 Å². The van der Waals surface area contributed by atoms with Gasteiger partial charge in [0.1, 0.15) is 0 Å². The number of hydrogen-bond acceptors (Lipinski definition) is 4. The van der Waals surface area contributed by atoms with Crippen molar-refractivity contribution in [2.75, 3.05) is 13.2 Å². The van der Waals surface area contributed by atoms with E-state index in [-0.39, 0.29) is 12.4 Å². The molecular formula is C18H27NO4S. The molecule has 0 N–H and O–H groups in total. The molecule has 6 heteroatoms. The van der Waals surface area contributed by atoms with E-state index in [0.29, 0.717) is 18.0 Å². The quantitative estimate of drug-likeness (QED) is 0.529. The fourth-order valence-electron chi connectivity index (χ4n) is 3.08. The van der Waals surface area contributed by atoms with Gasteiger partial charge < -0.3 is 4.74 Å². The van der Waals surface area contributed by atoms with E-state index in [1.165, 1.54) is 4.31 Å². The summed E-state index contributed by atoms with van der Waals surface area (Å²) in [6, 6.07) is 5.01. The predicted octanol–water partition coefficient (Wildman–Crippen LogP) is 3.57. The van der Waals surface area contributed by atoms with E-state index in [2.05, 4.69) is 0 Å². The zero-order chi connectivity index (χ0) is 17.7. The predicted molar refractivity (Wildman–Crippen MR) is 93.2 cm³/mol. The Bertz CT molecular complexity index is 684. The van der Waals surface area contributed by atoms with Gasteiger partial charge in [-0.3, -0.25) is 4.79 Å². The molecule has 0 aromatic heterocycles. The average molecular weight is 353 g/mol. The Kier molecular flexibility index (Phi) is 6.40. The standard InChI is InChI=1S/C18H27NO4S/c1-4-6-11-19-16(13-17(20)23-12-7-5-2)15-10-8-9-14(3)18(15)24(19,21)22/h8-10,16H,4-7,11-13H2,1-3H3. The second-order valence-electron chi connectivity index (χ2n) is 6.26. The van der Waals surface area contributed by atoms with Gasteiger partial charge in [-0.15, -0.1) is 0 Å². The molecule has 1 atom stereocenters. The SMILES string of the molecule is CCCCOC(=O)CC1c2cccc(C)c2S(=O)(=O)N1CCCC. The molecular weight excluding hydrogens is 326 g/mol. The van der Waals surface area contributed by atoms with E-state index in [1.54, 1.807) is 13.0 Å². The Hall–Kier alpha value is -1.40. The van der Waals surface area contributed by atoms with Gasteiger partial charge in [-0.25, -0.2) is 8.42 Å². The largest absolute Gasteiger partial charge is 0.466 e. The van der Waals surface area contributed by atoms with Gasteiger partial charge in [0, 0.05) is 6.54 Å². The van der Waals surface area contributed by atoms with E-state index in [0.717, 1.165) is 36.8 Å². The average Bonchev–Trinajstić information content (AvgIpc) is 2.74. The van der Waals surface area contributed by atoms with Crippen LogP contribution in [0.25, 0.3) is 0 Å². The lowest BCUT2D eigenvalue weighted by molar-refractivity contribution is -0.144. The molecule has 0 radical (unpaired) electrons. The minimum Gasteiger partial charge on any atom is -0.466 e. The number of fused-ring (bicyclic) bond motifs is 1. The van der Waals surface area contributed by atoms with Gasteiger partial charge >= 0.3 is 5.97 Å². The molecule has 0 bridgehead atoms. The van der Waals surface area contributed by atoms with Gasteiger partial charge in [-0.1, -0.05) is 44.9 Å². The summed E-state index contributed by atoms with van der Waals surface area (Å²) < 4.78 is 32.6. The van der Waals surface area contributed by atoms with Crippen molar-refractivity contribution in [1.29, 1.82) is 0 Å². The summed E-state index contributed by atoms with van der Waals surface area (Å²) >= 11 is 0. The molecule has 0 saturated heterocycles. The van der Waals surface area contributed by atoms with Gasteiger partial charge in [0.05, 0.1) is 24.0 Å². The first-order valence-corrected chi connectivity index (χ1v) is 10.1. The normalized spacial score (nSPS) is 19.2. The number of rotatable bonds is 8. The van der Waals surface area contributed by atoms with Crippen LogP contribution in [0.4, 0.5) is 0 Å². The molecule has 2 rings (SSSR count). The van der Waals surface area contributed by atoms with Crippen LogP contribution in [-0.4, -0.2) is 31.8 Å². The van der Waals surface area contributed by atoms with Crippen molar-refractivity contribution in [2.24, 2.45) is 0 Å². The summed E-state index contributed by atoms with van der Waals surface area (Å²) in [6.07, 6.45) is 3.52. The van der Waals surface area contributed by atoms with E-state index >= 15 is 0 Å². The van der Waals surface area contributed by atoms with E-state index in [4.69, 9.17) is 4.74 Å². The molecule has 1 aromatic rings. The van der Waals surface area contributed by atoms with Crippen LogP contribution in [0.3, 0.4) is 0 Å². The number of carbonyl (C=O) groups excluding carboxylic acids is 1. The fourth-order valence-corrected chi connectivity index (χ4v) is 5.18. The van der Waals surface area contributed by atoms with Crippen molar-refractivity contribution >= 4 is 16.0 Å². The van der Waals surface area contributed by atoms with Crippen LogP contribution in [0, 0.1) is 6.92 Å². The number of carbonyl (C=O) groups is 1. The number of esters is 1. The Morgan fingerprint density at radius 3 is 2.58 bits per heavy atom. The van der Waals surface area contributed by atoms with Gasteiger partial charge in [0.25, 0.3) is 0 Å². The molecule has 134 valence electrons. The second-order valence-corrected chi connectivity index (χ2v) is 8.08. The molecule has 5 nitrogen and oxygen atoms in total. The number of unbranched alkanes of at least 4 members (excludes halogenated alkanes) is 2. The maximum Gasteiger partial charge on any atom is 0.307 e. The highest BCUT2D eigenvalue weighted by Crippen LogP contribution is 2.43. The smallest absolute Gasteiger partial charge is 0.307 e. The molecule has 1 unspecified atom stereocenters. The molecule has 0 amide bonds. The number of nitrogens with zero attached hydrogens (tertiary/aromatic N) is 1. The first-order valence-electron chi connectivity index (χ1n) is 8.70. The Labute approximate surface area is 145 Å². The lowest BCUT2D eigenvalue weighted by Gasteiger charge is -2.22. The van der Waals surface area contributed by atoms with Crippen LogP contribution in [-0.2, 0) is 19.6 Å². The third kappa shape index (κ3) is 3.81. The molecule has 0 aliphatic carbocycles. The lowest BCUT2D eigenvalue weighted by Crippen LogP contribution is -2.31.